The lowest BCUT2D eigenvalue weighted by Gasteiger charge is -2.45. The summed E-state index contributed by atoms with van der Waals surface area (Å²) in [6.07, 6.45) is 0. The molecule has 9 aromatic rings. The first-order valence-electron chi connectivity index (χ1n) is 19.7. The molecule has 2 nitrogen and oxygen atoms in total. The molecule has 0 aromatic heterocycles. The van der Waals surface area contributed by atoms with Crippen LogP contribution >= 0.6 is 0 Å². The van der Waals surface area contributed by atoms with Crippen molar-refractivity contribution < 1.29 is 0 Å². The van der Waals surface area contributed by atoms with Gasteiger partial charge in [-0.25, -0.2) is 0 Å². The van der Waals surface area contributed by atoms with Crippen molar-refractivity contribution in [2.24, 2.45) is 0 Å². The second kappa shape index (κ2) is 13.7. The van der Waals surface area contributed by atoms with E-state index in [4.69, 9.17) is 0 Å². The van der Waals surface area contributed by atoms with E-state index in [1.165, 1.54) is 83.6 Å². The zero-order valence-corrected chi connectivity index (χ0v) is 31.3. The summed E-state index contributed by atoms with van der Waals surface area (Å²) in [5, 5.41) is 0. The maximum atomic E-state index is 2.57. The molecule has 0 saturated carbocycles. The quantitative estimate of drug-likeness (QED) is 0.158. The Kier molecular flexibility index (Phi) is 7.96. The average molecular weight is 725 g/mol. The van der Waals surface area contributed by atoms with Gasteiger partial charge in [0.05, 0.1) is 0 Å². The first kappa shape index (κ1) is 33.0. The molecule has 0 unspecified atom stereocenters. The van der Waals surface area contributed by atoms with Crippen LogP contribution in [0.4, 0.5) is 34.1 Å². The molecule has 266 valence electrons. The molecule has 2 heterocycles. The van der Waals surface area contributed by atoms with Gasteiger partial charge < -0.3 is 9.80 Å². The van der Waals surface area contributed by atoms with Crippen LogP contribution in [0.15, 0.2) is 224 Å². The fourth-order valence-corrected chi connectivity index (χ4v) is 9.24. The number of nitrogens with zero attached hydrogens (tertiary/aromatic N) is 2. The molecule has 2 aliphatic heterocycles. The van der Waals surface area contributed by atoms with E-state index < -0.39 is 0 Å². The number of hydrogen-bond acceptors (Lipinski definition) is 2. The second-order valence-corrected chi connectivity index (χ2v) is 14.8. The van der Waals surface area contributed by atoms with E-state index in [0.29, 0.717) is 0 Å². The minimum absolute atomic E-state index is 0.0410. The summed E-state index contributed by atoms with van der Waals surface area (Å²) in [6, 6.07) is 82.1. The number of para-hydroxylation sites is 3. The molecule has 0 spiro atoms. The molecule has 0 radical (unpaired) electrons. The molecule has 0 saturated heterocycles. The molecule has 3 heteroatoms. The molecule has 9 aromatic carbocycles. The van der Waals surface area contributed by atoms with E-state index >= 15 is 0 Å². The summed E-state index contributed by atoms with van der Waals surface area (Å²) in [5.74, 6) is 0. The van der Waals surface area contributed by atoms with Crippen molar-refractivity contribution >= 4 is 57.2 Å². The smallest absolute Gasteiger partial charge is 0.252 e. The van der Waals surface area contributed by atoms with Crippen LogP contribution in [0.25, 0.3) is 44.5 Å². The van der Waals surface area contributed by atoms with Crippen molar-refractivity contribution in [3.63, 3.8) is 0 Å². The molecule has 0 atom stereocenters. The summed E-state index contributed by atoms with van der Waals surface area (Å²) in [5.41, 5.74) is 20.6. The zero-order valence-electron chi connectivity index (χ0n) is 31.3. The fourth-order valence-electron chi connectivity index (χ4n) is 9.24. The van der Waals surface area contributed by atoms with E-state index in [0.717, 1.165) is 11.4 Å². The molecule has 0 amide bonds. The van der Waals surface area contributed by atoms with Gasteiger partial charge in [0, 0.05) is 39.7 Å². The standard InChI is InChI=1S/C54H37BN2/c1-7-21-38(22-8-1)42-35-49-53-50(36-42)57(44-31-17-6-18-32-44)54-47(55(53)46-33-19-20-34-48(46)56(49)43-29-15-5-16-30-43)37-45(39-23-9-2-10-24-39)51(40-25-11-3-12-26-40)52(54)41-27-13-4-14-28-41/h1-37H. The van der Waals surface area contributed by atoms with Gasteiger partial charge in [-0.3, -0.25) is 0 Å². The topological polar surface area (TPSA) is 6.48 Å². The van der Waals surface area contributed by atoms with Gasteiger partial charge in [-0.2, -0.15) is 0 Å². The number of fused-ring (bicyclic) bond motifs is 4. The fraction of sp³-hybridized carbons (Fsp3) is 0. The molecule has 0 N–H and O–H groups in total. The van der Waals surface area contributed by atoms with E-state index in [9.17, 15) is 0 Å². The predicted octanol–water partition coefficient (Wildman–Crippen LogP) is 12.4. The highest BCUT2D eigenvalue weighted by atomic mass is 15.2. The van der Waals surface area contributed by atoms with Gasteiger partial charge in [0.2, 0.25) is 0 Å². The third-order valence-electron chi connectivity index (χ3n) is 11.6. The van der Waals surface area contributed by atoms with Crippen LogP contribution in [-0.2, 0) is 0 Å². The molecule has 2 aliphatic rings. The summed E-state index contributed by atoms with van der Waals surface area (Å²) in [4.78, 5) is 5.05. The Morgan fingerprint density at radius 3 is 1.32 bits per heavy atom. The van der Waals surface area contributed by atoms with Crippen LogP contribution in [0.1, 0.15) is 0 Å². The Labute approximate surface area is 334 Å². The second-order valence-electron chi connectivity index (χ2n) is 14.8. The van der Waals surface area contributed by atoms with E-state index in [2.05, 4.69) is 234 Å². The summed E-state index contributed by atoms with van der Waals surface area (Å²) in [7, 11) is 0. The van der Waals surface area contributed by atoms with Crippen LogP contribution in [0.2, 0.25) is 0 Å². The van der Waals surface area contributed by atoms with Crippen molar-refractivity contribution in [2.45, 2.75) is 0 Å². The van der Waals surface area contributed by atoms with Crippen LogP contribution in [0.3, 0.4) is 0 Å². The number of rotatable bonds is 6. The van der Waals surface area contributed by atoms with Gasteiger partial charge in [-0.05, 0) is 97.8 Å². The first-order chi connectivity index (χ1) is 28.3. The lowest BCUT2D eigenvalue weighted by Crippen LogP contribution is -2.61. The molecule has 57 heavy (non-hydrogen) atoms. The molecular formula is C54H37BN2. The number of benzene rings is 9. The summed E-state index contributed by atoms with van der Waals surface area (Å²) < 4.78 is 0. The van der Waals surface area contributed by atoms with Crippen LogP contribution in [0, 0.1) is 0 Å². The summed E-state index contributed by atoms with van der Waals surface area (Å²) >= 11 is 0. The molecule has 0 bridgehead atoms. The van der Waals surface area contributed by atoms with Crippen molar-refractivity contribution in [2.75, 3.05) is 9.80 Å². The van der Waals surface area contributed by atoms with Crippen molar-refractivity contribution in [1.29, 1.82) is 0 Å². The SMILES string of the molecule is c1ccc(-c2cc3c4c(c2)N(c2ccccc2)c2c(cc(-c5ccccc5)c(-c5ccccc5)c2-c2ccccc2)B4c2ccccc2N3c2ccccc2)cc1. The van der Waals surface area contributed by atoms with Gasteiger partial charge in [0.1, 0.15) is 0 Å². The lowest BCUT2D eigenvalue weighted by atomic mass is 9.33. The monoisotopic (exact) mass is 724 g/mol. The Morgan fingerprint density at radius 1 is 0.298 bits per heavy atom. The highest BCUT2D eigenvalue weighted by Crippen LogP contribution is 2.52. The van der Waals surface area contributed by atoms with E-state index in [-0.39, 0.29) is 6.71 Å². The maximum Gasteiger partial charge on any atom is 0.252 e. The van der Waals surface area contributed by atoms with Crippen LogP contribution in [0.5, 0.6) is 0 Å². The Balaban J connectivity index is 1.35. The number of hydrogen-bond donors (Lipinski definition) is 0. The minimum Gasteiger partial charge on any atom is -0.311 e. The Bertz CT molecular complexity index is 2880. The molecule has 0 aliphatic carbocycles. The van der Waals surface area contributed by atoms with Gasteiger partial charge in [0.25, 0.3) is 6.71 Å². The van der Waals surface area contributed by atoms with E-state index in [1.807, 2.05) is 0 Å². The van der Waals surface area contributed by atoms with Crippen LogP contribution < -0.4 is 26.2 Å². The van der Waals surface area contributed by atoms with Gasteiger partial charge in [0.15, 0.2) is 0 Å². The van der Waals surface area contributed by atoms with E-state index in [1.54, 1.807) is 0 Å². The van der Waals surface area contributed by atoms with Crippen molar-refractivity contribution in [3.05, 3.63) is 224 Å². The van der Waals surface area contributed by atoms with Gasteiger partial charge >= 0.3 is 0 Å². The third kappa shape index (κ3) is 5.43. The predicted molar refractivity (Wildman–Crippen MR) is 242 cm³/mol. The first-order valence-corrected chi connectivity index (χ1v) is 19.7. The molecule has 11 rings (SSSR count). The molecule has 0 fully saturated rings. The maximum absolute atomic E-state index is 2.57. The van der Waals surface area contributed by atoms with Crippen molar-refractivity contribution in [3.8, 4) is 44.5 Å². The zero-order chi connectivity index (χ0) is 37.7. The highest BCUT2D eigenvalue weighted by Gasteiger charge is 2.45. The highest BCUT2D eigenvalue weighted by molar-refractivity contribution is 7.00. The Hall–Kier alpha value is -7.36. The summed E-state index contributed by atoms with van der Waals surface area (Å²) in [6.45, 7) is -0.0410. The van der Waals surface area contributed by atoms with Crippen molar-refractivity contribution in [1.82, 2.24) is 0 Å². The molecular weight excluding hydrogens is 687 g/mol. The average Bonchev–Trinajstić information content (AvgIpc) is 3.30. The Morgan fingerprint density at radius 2 is 0.737 bits per heavy atom. The van der Waals surface area contributed by atoms with Gasteiger partial charge in [-0.1, -0.05) is 182 Å². The van der Waals surface area contributed by atoms with Crippen LogP contribution in [-0.4, -0.2) is 6.71 Å². The third-order valence-corrected chi connectivity index (χ3v) is 11.6. The minimum atomic E-state index is -0.0410. The normalized spacial score (nSPS) is 12.5. The number of anilines is 6. The largest absolute Gasteiger partial charge is 0.311 e. The van der Waals surface area contributed by atoms with Gasteiger partial charge in [-0.15, -0.1) is 0 Å². The lowest BCUT2D eigenvalue weighted by molar-refractivity contribution is 1.25.